The van der Waals surface area contributed by atoms with E-state index in [1.807, 2.05) is 13.0 Å². The van der Waals surface area contributed by atoms with Crippen LogP contribution in [0.4, 0.5) is 0 Å². The van der Waals surface area contributed by atoms with Crippen molar-refractivity contribution in [3.8, 4) is 0 Å². The van der Waals surface area contributed by atoms with Gasteiger partial charge in [-0.1, -0.05) is 72.9 Å². The predicted octanol–water partition coefficient (Wildman–Crippen LogP) is 5.79. The smallest absolute Gasteiger partial charge is 0.0224 e. The van der Waals surface area contributed by atoms with E-state index in [0.717, 1.165) is 24.0 Å². The summed E-state index contributed by atoms with van der Waals surface area (Å²) in [7, 11) is 0. The molecule has 2 rings (SSSR count). The Bertz CT molecular complexity index is 604. The molecule has 0 unspecified atom stereocenters. The molecule has 0 aliphatic heterocycles. The highest BCUT2D eigenvalue weighted by molar-refractivity contribution is 5.70. The Hall–Kier alpha value is -2.08. The summed E-state index contributed by atoms with van der Waals surface area (Å²) >= 11 is 0. The quantitative estimate of drug-likeness (QED) is 0.603. The molecule has 1 aliphatic rings. The van der Waals surface area contributed by atoms with Crippen LogP contribution in [0, 0.1) is 6.92 Å². The molecule has 102 valence electrons. The first kappa shape index (κ1) is 14.3. The van der Waals surface area contributed by atoms with Gasteiger partial charge in [0.25, 0.3) is 0 Å². The molecule has 0 atom stereocenters. The van der Waals surface area contributed by atoms with E-state index >= 15 is 0 Å². The minimum absolute atomic E-state index is 1.05. The third-order valence-corrected chi connectivity index (χ3v) is 3.55. The van der Waals surface area contributed by atoms with Gasteiger partial charge in [-0.15, -0.1) is 0 Å². The van der Waals surface area contributed by atoms with Gasteiger partial charge in [0.05, 0.1) is 0 Å². The van der Waals surface area contributed by atoms with Crippen molar-refractivity contribution >= 4 is 5.57 Å². The lowest BCUT2D eigenvalue weighted by Crippen LogP contribution is -1.95. The van der Waals surface area contributed by atoms with Gasteiger partial charge >= 0.3 is 0 Å². The number of allylic oxidation sites excluding steroid dienone is 8. The average molecular weight is 262 g/mol. The second kappa shape index (κ2) is 6.38. The van der Waals surface area contributed by atoms with E-state index in [1.54, 1.807) is 0 Å². The zero-order valence-electron chi connectivity index (χ0n) is 12.4. The van der Waals surface area contributed by atoms with Crippen LogP contribution in [0.2, 0.25) is 0 Å². The number of hydrogen-bond donors (Lipinski definition) is 0. The molecule has 0 nitrogen and oxygen atoms in total. The highest BCUT2D eigenvalue weighted by Gasteiger charge is 2.09. The molecule has 0 saturated carbocycles. The Labute approximate surface area is 122 Å². The van der Waals surface area contributed by atoms with E-state index < -0.39 is 0 Å². The molecule has 0 fully saturated rings. The second-order valence-corrected chi connectivity index (χ2v) is 5.45. The van der Waals surface area contributed by atoms with E-state index in [2.05, 4.69) is 62.6 Å². The minimum atomic E-state index is 1.05. The number of hydrogen-bond acceptors (Lipinski definition) is 0. The van der Waals surface area contributed by atoms with Crippen molar-refractivity contribution in [2.75, 3.05) is 0 Å². The molecule has 0 radical (unpaired) electrons. The molecule has 0 spiro atoms. The molecule has 0 amide bonds. The normalized spacial score (nSPS) is 14.9. The van der Waals surface area contributed by atoms with Gasteiger partial charge in [-0.25, -0.2) is 0 Å². The molecule has 0 saturated heterocycles. The summed E-state index contributed by atoms with van der Waals surface area (Å²) in [4.78, 5) is 0. The van der Waals surface area contributed by atoms with Gasteiger partial charge in [0.15, 0.2) is 0 Å². The van der Waals surface area contributed by atoms with Crippen LogP contribution >= 0.6 is 0 Å². The first-order valence-electron chi connectivity index (χ1n) is 7.06. The Kier molecular flexibility index (Phi) is 4.57. The fourth-order valence-corrected chi connectivity index (χ4v) is 2.26. The molecule has 1 aliphatic carbocycles. The van der Waals surface area contributed by atoms with Crippen LogP contribution in [-0.2, 0) is 0 Å². The van der Waals surface area contributed by atoms with E-state index in [9.17, 15) is 0 Å². The molecule has 0 aromatic heterocycles. The minimum Gasteiger partial charge on any atom is -0.0961 e. The lowest BCUT2D eigenvalue weighted by atomic mass is 9.90. The average Bonchev–Trinajstić information content (AvgIpc) is 2.46. The molecule has 0 heteroatoms. The summed E-state index contributed by atoms with van der Waals surface area (Å²) in [6, 6.07) is 8.75. The Morgan fingerprint density at radius 1 is 1.00 bits per heavy atom. The van der Waals surface area contributed by atoms with Gasteiger partial charge < -0.3 is 0 Å². The van der Waals surface area contributed by atoms with Gasteiger partial charge in [0.1, 0.15) is 0 Å². The van der Waals surface area contributed by atoms with Crippen LogP contribution in [0.15, 0.2) is 78.4 Å². The second-order valence-electron chi connectivity index (χ2n) is 5.45. The fourth-order valence-electron chi connectivity index (χ4n) is 2.26. The maximum Gasteiger partial charge on any atom is -0.0224 e. The first-order valence-corrected chi connectivity index (χ1v) is 7.06. The van der Waals surface area contributed by atoms with Gasteiger partial charge in [0.2, 0.25) is 0 Å². The lowest BCUT2D eigenvalue weighted by Gasteiger charge is -2.15. The van der Waals surface area contributed by atoms with Crippen molar-refractivity contribution in [3.05, 3.63) is 89.6 Å². The molecule has 0 N–H and O–H groups in total. The summed E-state index contributed by atoms with van der Waals surface area (Å²) < 4.78 is 0. The molecular weight excluding hydrogens is 240 g/mol. The molecule has 0 bridgehead atoms. The standard InChI is InChI=1S/C20H22/c1-15(2)5-8-17(4)18-11-13-20(14-12-18)19-9-6-16(3)7-10-19/h5-11,13H,1,4,12,14H2,2-3H3/b8-5-. The monoisotopic (exact) mass is 262 g/mol. The van der Waals surface area contributed by atoms with Crippen LogP contribution in [0.3, 0.4) is 0 Å². The third kappa shape index (κ3) is 3.71. The summed E-state index contributed by atoms with van der Waals surface area (Å²) in [5.41, 5.74) is 7.50. The summed E-state index contributed by atoms with van der Waals surface area (Å²) in [5, 5.41) is 0. The van der Waals surface area contributed by atoms with Crippen LogP contribution in [0.25, 0.3) is 5.57 Å². The van der Waals surface area contributed by atoms with Crippen molar-refractivity contribution in [1.82, 2.24) is 0 Å². The Balaban J connectivity index is 2.13. The maximum atomic E-state index is 4.13. The summed E-state index contributed by atoms with van der Waals surface area (Å²) in [6.45, 7) is 12.1. The number of rotatable bonds is 4. The van der Waals surface area contributed by atoms with E-state index in [4.69, 9.17) is 0 Å². The topological polar surface area (TPSA) is 0 Å². The lowest BCUT2D eigenvalue weighted by molar-refractivity contribution is 0.995. The SMILES string of the molecule is C=C(C)/C=C\C(=C)C1=CC=C(c2ccc(C)cc2)CC1. The van der Waals surface area contributed by atoms with Crippen molar-refractivity contribution < 1.29 is 0 Å². The molecular formula is C20H22. The summed E-state index contributed by atoms with van der Waals surface area (Å²) in [6.07, 6.45) is 10.6. The van der Waals surface area contributed by atoms with Gasteiger partial charge in [-0.05, 0) is 49.0 Å². The van der Waals surface area contributed by atoms with Crippen molar-refractivity contribution in [1.29, 1.82) is 0 Å². The van der Waals surface area contributed by atoms with Gasteiger partial charge in [-0.3, -0.25) is 0 Å². The third-order valence-electron chi connectivity index (χ3n) is 3.55. The first-order chi connectivity index (χ1) is 9.56. The van der Waals surface area contributed by atoms with Crippen molar-refractivity contribution in [3.63, 3.8) is 0 Å². The zero-order chi connectivity index (χ0) is 14.5. The van der Waals surface area contributed by atoms with Crippen LogP contribution in [-0.4, -0.2) is 0 Å². The molecule has 0 heterocycles. The maximum absolute atomic E-state index is 4.13. The molecule has 20 heavy (non-hydrogen) atoms. The highest BCUT2D eigenvalue weighted by Crippen LogP contribution is 2.29. The Morgan fingerprint density at radius 3 is 2.25 bits per heavy atom. The molecule has 1 aromatic carbocycles. The van der Waals surface area contributed by atoms with Gasteiger partial charge in [-0.2, -0.15) is 0 Å². The van der Waals surface area contributed by atoms with Crippen LogP contribution in [0.5, 0.6) is 0 Å². The van der Waals surface area contributed by atoms with E-state index in [1.165, 1.54) is 22.3 Å². The van der Waals surface area contributed by atoms with Crippen molar-refractivity contribution in [2.45, 2.75) is 26.7 Å². The van der Waals surface area contributed by atoms with Crippen molar-refractivity contribution in [2.24, 2.45) is 0 Å². The number of benzene rings is 1. The zero-order valence-corrected chi connectivity index (χ0v) is 12.4. The van der Waals surface area contributed by atoms with Crippen LogP contribution in [0.1, 0.15) is 30.9 Å². The predicted molar refractivity (Wildman–Crippen MR) is 89.6 cm³/mol. The Morgan fingerprint density at radius 2 is 1.70 bits per heavy atom. The largest absolute Gasteiger partial charge is 0.0961 e. The van der Waals surface area contributed by atoms with Crippen LogP contribution < -0.4 is 0 Å². The highest BCUT2D eigenvalue weighted by atomic mass is 14.1. The summed E-state index contributed by atoms with van der Waals surface area (Å²) in [5.74, 6) is 0. The fraction of sp³-hybridized carbons (Fsp3) is 0.200. The van der Waals surface area contributed by atoms with E-state index in [-0.39, 0.29) is 0 Å². The molecule has 1 aromatic rings. The number of aryl methyl sites for hydroxylation is 1. The van der Waals surface area contributed by atoms with E-state index in [0.29, 0.717) is 0 Å². The van der Waals surface area contributed by atoms with Gasteiger partial charge in [0, 0.05) is 0 Å².